The van der Waals surface area contributed by atoms with Crippen LogP contribution in [0.2, 0.25) is 5.02 Å². The van der Waals surface area contributed by atoms with Crippen molar-refractivity contribution in [3.8, 4) is 5.75 Å². The second-order valence-corrected chi connectivity index (χ2v) is 10.3. The number of rotatable bonds is 9. The van der Waals surface area contributed by atoms with Gasteiger partial charge in [-0.2, -0.15) is 0 Å². The molecule has 0 spiro atoms. The Balaban J connectivity index is 1.08. The number of nitrogens with one attached hydrogen (secondary N) is 1. The van der Waals surface area contributed by atoms with Crippen molar-refractivity contribution >= 4 is 23.2 Å². The second kappa shape index (κ2) is 12.0. The van der Waals surface area contributed by atoms with Crippen molar-refractivity contribution in [3.05, 3.63) is 94.8 Å². The molecule has 194 valence electrons. The fourth-order valence-electron chi connectivity index (χ4n) is 5.32. The third-order valence-electron chi connectivity index (χ3n) is 7.28. The van der Waals surface area contributed by atoms with Crippen LogP contribution < -0.4 is 15.0 Å². The minimum atomic E-state index is -0.243. The van der Waals surface area contributed by atoms with Crippen molar-refractivity contribution in [1.82, 2.24) is 10.2 Å². The van der Waals surface area contributed by atoms with E-state index in [1.807, 2.05) is 36.4 Å². The summed E-state index contributed by atoms with van der Waals surface area (Å²) >= 11 is 6.08. The van der Waals surface area contributed by atoms with Crippen LogP contribution in [-0.2, 0) is 11.3 Å². The summed E-state index contributed by atoms with van der Waals surface area (Å²) in [5.74, 6) is 0.374. The Morgan fingerprint density at radius 2 is 1.78 bits per heavy atom. The van der Waals surface area contributed by atoms with E-state index in [0.717, 1.165) is 68.0 Å². The Labute approximate surface area is 223 Å². The lowest BCUT2D eigenvalue weighted by molar-refractivity contribution is -0.122. The highest BCUT2D eigenvalue weighted by atomic mass is 35.5. The van der Waals surface area contributed by atoms with Crippen molar-refractivity contribution in [1.29, 1.82) is 0 Å². The van der Waals surface area contributed by atoms with Crippen molar-refractivity contribution < 1.29 is 13.9 Å². The van der Waals surface area contributed by atoms with Gasteiger partial charge in [-0.1, -0.05) is 41.9 Å². The van der Waals surface area contributed by atoms with Crippen LogP contribution in [-0.4, -0.2) is 49.6 Å². The topological polar surface area (TPSA) is 44.8 Å². The zero-order valence-electron chi connectivity index (χ0n) is 20.9. The van der Waals surface area contributed by atoms with Crippen LogP contribution in [0.1, 0.15) is 36.3 Å². The molecule has 0 aromatic heterocycles. The molecule has 0 aliphatic carbocycles. The monoisotopic (exact) mass is 521 g/mol. The smallest absolute Gasteiger partial charge is 0.229 e. The number of amides is 1. The molecule has 1 atom stereocenters. The predicted octanol–water partition coefficient (Wildman–Crippen LogP) is 5.63. The standard InChI is InChI=1S/C30H33ClFN3O2/c31-23-6-3-5-22(19-23)20-33-30(36)28-21-35(29-8-2-1-7-27(28)29)16-4-15-34-17-13-26(14-18-34)37-25-11-9-24(32)10-12-25/h1-3,5-12,19,26,28H,4,13-18,20-21H2,(H,33,36). The first kappa shape index (κ1) is 25.6. The van der Waals surface area contributed by atoms with Gasteiger partial charge in [-0.25, -0.2) is 4.39 Å². The van der Waals surface area contributed by atoms with Crippen LogP contribution >= 0.6 is 11.6 Å². The summed E-state index contributed by atoms with van der Waals surface area (Å²) in [6.07, 6.45) is 3.16. The summed E-state index contributed by atoms with van der Waals surface area (Å²) in [6.45, 7) is 5.11. The molecule has 3 aromatic carbocycles. The molecule has 1 saturated heterocycles. The van der Waals surface area contributed by atoms with Gasteiger partial charge in [0.2, 0.25) is 5.91 Å². The van der Waals surface area contributed by atoms with E-state index in [0.29, 0.717) is 18.1 Å². The zero-order chi connectivity index (χ0) is 25.6. The number of carbonyl (C=O) groups excluding carboxylic acids is 1. The van der Waals surface area contributed by atoms with E-state index in [1.165, 1.54) is 12.1 Å². The summed E-state index contributed by atoms with van der Waals surface area (Å²) in [4.78, 5) is 17.9. The maximum absolute atomic E-state index is 13.1. The van der Waals surface area contributed by atoms with Gasteiger partial charge in [-0.15, -0.1) is 0 Å². The van der Waals surface area contributed by atoms with Crippen molar-refractivity contribution in [3.63, 3.8) is 0 Å². The number of fused-ring (bicyclic) bond motifs is 1. The summed E-state index contributed by atoms with van der Waals surface area (Å²) in [7, 11) is 0. The van der Waals surface area contributed by atoms with E-state index in [9.17, 15) is 9.18 Å². The lowest BCUT2D eigenvalue weighted by atomic mass is 10.0. The van der Waals surface area contributed by atoms with Gasteiger partial charge >= 0.3 is 0 Å². The first-order chi connectivity index (χ1) is 18.0. The molecule has 0 bridgehead atoms. The van der Waals surface area contributed by atoms with Gasteiger partial charge in [0.25, 0.3) is 0 Å². The number of carbonyl (C=O) groups is 1. The zero-order valence-corrected chi connectivity index (χ0v) is 21.7. The SMILES string of the molecule is O=C(NCc1cccc(Cl)c1)C1CN(CCCN2CCC(Oc3ccc(F)cc3)CC2)c2ccccc21. The fraction of sp³-hybridized carbons (Fsp3) is 0.367. The molecule has 1 amide bonds. The van der Waals surface area contributed by atoms with E-state index in [-0.39, 0.29) is 23.7 Å². The van der Waals surface area contributed by atoms with Crippen molar-refractivity contribution in [2.75, 3.05) is 37.6 Å². The van der Waals surface area contributed by atoms with Crippen LogP contribution in [0.15, 0.2) is 72.8 Å². The van der Waals surface area contributed by atoms with E-state index in [2.05, 4.69) is 27.2 Å². The molecule has 1 N–H and O–H groups in total. The lowest BCUT2D eigenvalue weighted by Gasteiger charge is -2.32. The third-order valence-corrected chi connectivity index (χ3v) is 7.52. The Morgan fingerprint density at radius 3 is 2.57 bits per heavy atom. The molecule has 1 unspecified atom stereocenters. The molecule has 5 nitrogen and oxygen atoms in total. The maximum Gasteiger partial charge on any atom is 0.229 e. The summed E-state index contributed by atoms with van der Waals surface area (Å²) in [5, 5.41) is 3.77. The number of hydrogen-bond acceptors (Lipinski definition) is 4. The number of ether oxygens (including phenoxy) is 1. The Morgan fingerprint density at radius 1 is 1.00 bits per heavy atom. The Kier molecular flexibility index (Phi) is 8.27. The van der Waals surface area contributed by atoms with Crippen LogP contribution in [0.3, 0.4) is 0 Å². The Bertz CT molecular complexity index is 1200. The maximum atomic E-state index is 13.1. The molecule has 2 aliphatic heterocycles. The first-order valence-corrected chi connectivity index (χ1v) is 13.4. The number of para-hydroxylation sites is 1. The van der Waals surface area contributed by atoms with E-state index >= 15 is 0 Å². The number of benzene rings is 3. The van der Waals surface area contributed by atoms with Gasteiger partial charge < -0.3 is 19.9 Å². The second-order valence-electron chi connectivity index (χ2n) is 9.87. The highest BCUT2D eigenvalue weighted by Gasteiger charge is 2.33. The number of hydrogen-bond donors (Lipinski definition) is 1. The normalized spacial score (nSPS) is 18.0. The minimum absolute atomic E-state index is 0.0538. The molecular formula is C30H33ClFN3O2. The number of halogens is 2. The molecule has 37 heavy (non-hydrogen) atoms. The molecule has 0 saturated carbocycles. The summed E-state index contributed by atoms with van der Waals surface area (Å²) in [5.41, 5.74) is 3.26. The fourth-order valence-corrected chi connectivity index (χ4v) is 5.54. The van der Waals surface area contributed by atoms with Crippen LogP contribution in [0.4, 0.5) is 10.1 Å². The molecule has 1 fully saturated rings. The summed E-state index contributed by atoms with van der Waals surface area (Å²) < 4.78 is 19.1. The number of likely N-dealkylation sites (tertiary alicyclic amines) is 1. The molecule has 3 aromatic rings. The van der Waals surface area contributed by atoms with Gasteiger partial charge in [0.1, 0.15) is 17.7 Å². The average molecular weight is 522 g/mol. The van der Waals surface area contributed by atoms with E-state index < -0.39 is 0 Å². The number of nitrogens with zero attached hydrogens (tertiary/aromatic N) is 2. The predicted molar refractivity (Wildman–Crippen MR) is 146 cm³/mol. The molecule has 2 heterocycles. The molecule has 5 rings (SSSR count). The Hall–Kier alpha value is -3.09. The minimum Gasteiger partial charge on any atom is -0.490 e. The van der Waals surface area contributed by atoms with Crippen molar-refractivity contribution in [2.24, 2.45) is 0 Å². The average Bonchev–Trinajstić information content (AvgIpc) is 3.28. The van der Waals surface area contributed by atoms with Crippen LogP contribution in [0.25, 0.3) is 0 Å². The van der Waals surface area contributed by atoms with E-state index in [4.69, 9.17) is 16.3 Å². The van der Waals surface area contributed by atoms with Crippen LogP contribution in [0, 0.1) is 5.82 Å². The molecule has 0 radical (unpaired) electrons. The van der Waals surface area contributed by atoms with Gasteiger partial charge in [0, 0.05) is 43.4 Å². The van der Waals surface area contributed by atoms with Gasteiger partial charge in [-0.05, 0) is 79.4 Å². The first-order valence-electron chi connectivity index (χ1n) is 13.1. The lowest BCUT2D eigenvalue weighted by Crippen LogP contribution is -2.39. The third kappa shape index (κ3) is 6.62. The number of anilines is 1. The van der Waals surface area contributed by atoms with E-state index in [1.54, 1.807) is 12.1 Å². The van der Waals surface area contributed by atoms with Crippen LogP contribution in [0.5, 0.6) is 5.75 Å². The van der Waals surface area contributed by atoms with Gasteiger partial charge in [0.15, 0.2) is 0 Å². The quantitative estimate of drug-likeness (QED) is 0.396. The molecule has 7 heteroatoms. The highest BCUT2D eigenvalue weighted by molar-refractivity contribution is 6.30. The van der Waals surface area contributed by atoms with Crippen molar-refractivity contribution in [2.45, 2.75) is 37.8 Å². The molecular weight excluding hydrogens is 489 g/mol. The van der Waals surface area contributed by atoms with Gasteiger partial charge in [0.05, 0.1) is 5.92 Å². The highest BCUT2D eigenvalue weighted by Crippen LogP contribution is 2.36. The number of piperidine rings is 1. The largest absolute Gasteiger partial charge is 0.490 e. The molecule has 2 aliphatic rings. The van der Waals surface area contributed by atoms with Gasteiger partial charge in [-0.3, -0.25) is 4.79 Å². The summed E-state index contributed by atoms with van der Waals surface area (Å²) in [6, 6.07) is 22.1.